The first-order valence-corrected chi connectivity index (χ1v) is 9.80. The Bertz CT molecular complexity index is 589. The molecular formula is C16H22N4S2. The molecule has 118 valence electrons. The molecule has 0 spiro atoms. The van der Waals surface area contributed by atoms with E-state index >= 15 is 0 Å². The number of nitrogens with one attached hydrogen (secondary N) is 1. The van der Waals surface area contributed by atoms with Crippen molar-refractivity contribution < 1.29 is 0 Å². The third-order valence-corrected chi connectivity index (χ3v) is 6.51. The summed E-state index contributed by atoms with van der Waals surface area (Å²) in [6, 6.07) is 5.00. The van der Waals surface area contributed by atoms with E-state index in [1.165, 1.54) is 48.2 Å². The highest BCUT2D eigenvalue weighted by molar-refractivity contribution is 7.20. The molecule has 2 aliphatic heterocycles. The minimum Gasteiger partial charge on any atom is -0.314 e. The topological polar surface area (TPSA) is 31.4 Å². The molecule has 0 aliphatic carbocycles. The lowest BCUT2D eigenvalue weighted by atomic mass is 10.2. The molecule has 0 bridgehead atoms. The lowest BCUT2D eigenvalue weighted by Gasteiger charge is -2.32. The van der Waals surface area contributed by atoms with Gasteiger partial charge in [-0.2, -0.15) is 0 Å². The minimum absolute atomic E-state index is 0.748. The molecule has 2 aliphatic rings. The molecule has 0 amide bonds. The predicted octanol–water partition coefficient (Wildman–Crippen LogP) is 2.35. The third-order valence-electron chi connectivity index (χ3n) is 4.58. The van der Waals surface area contributed by atoms with Crippen molar-refractivity contribution in [3.8, 4) is 9.88 Å². The van der Waals surface area contributed by atoms with Crippen LogP contribution in [-0.4, -0.2) is 60.1 Å². The second-order valence-electron chi connectivity index (χ2n) is 6.08. The van der Waals surface area contributed by atoms with Gasteiger partial charge in [0.05, 0.1) is 10.6 Å². The monoisotopic (exact) mass is 334 g/mol. The largest absolute Gasteiger partial charge is 0.314 e. The van der Waals surface area contributed by atoms with E-state index < -0.39 is 0 Å². The first-order chi connectivity index (χ1) is 10.9. The number of thiophene rings is 1. The molecule has 2 fully saturated rings. The molecule has 4 rings (SSSR count). The molecule has 2 aromatic rings. The molecular weight excluding hydrogens is 312 g/mol. The number of thiazole rings is 1. The number of nitrogens with zero attached hydrogens (tertiary/aromatic N) is 3. The van der Waals surface area contributed by atoms with Gasteiger partial charge in [0, 0.05) is 57.2 Å². The summed E-state index contributed by atoms with van der Waals surface area (Å²) in [5.74, 6) is 0. The van der Waals surface area contributed by atoms with Gasteiger partial charge in [0.1, 0.15) is 5.01 Å². The van der Waals surface area contributed by atoms with Crippen LogP contribution in [-0.2, 0) is 6.54 Å². The molecule has 4 nitrogen and oxygen atoms in total. The Labute approximate surface area is 139 Å². The van der Waals surface area contributed by atoms with Gasteiger partial charge in [0.15, 0.2) is 0 Å². The fourth-order valence-electron chi connectivity index (χ4n) is 3.42. The Kier molecular flexibility index (Phi) is 4.54. The van der Waals surface area contributed by atoms with E-state index in [0.717, 1.165) is 25.7 Å². The first kappa shape index (κ1) is 14.8. The second-order valence-corrected chi connectivity index (χ2v) is 7.89. The number of aromatic nitrogens is 1. The van der Waals surface area contributed by atoms with Crippen molar-refractivity contribution in [2.45, 2.75) is 19.0 Å². The molecule has 1 N–H and O–H groups in total. The van der Waals surface area contributed by atoms with E-state index in [0.29, 0.717) is 0 Å². The summed E-state index contributed by atoms with van der Waals surface area (Å²) >= 11 is 3.55. The van der Waals surface area contributed by atoms with Crippen molar-refractivity contribution in [3.63, 3.8) is 0 Å². The zero-order valence-electron chi connectivity index (χ0n) is 12.7. The van der Waals surface area contributed by atoms with Crippen molar-refractivity contribution in [3.05, 3.63) is 28.6 Å². The van der Waals surface area contributed by atoms with Gasteiger partial charge in [0.25, 0.3) is 0 Å². The SMILES string of the molecule is c1csc(-c2nc(CN3CCC(N4CCNCC4)C3)cs2)c1. The van der Waals surface area contributed by atoms with E-state index in [4.69, 9.17) is 4.98 Å². The van der Waals surface area contributed by atoms with Crippen molar-refractivity contribution in [2.75, 3.05) is 39.3 Å². The van der Waals surface area contributed by atoms with Crippen molar-refractivity contribution >= 4 is 22.7 Å². The molecule has 4 heterocycles. The van der Waals surface area contributed by atoms with Crippen molar-refractivity contribution in [2.24, 2.45) is 0 Å². The minimum atomic E-state index is 0.748. The Hall–Kier alpha value is -0.790. The Balaban J connectivity index is 1.34. The van der Waals surface area contributed by atoms with E-state index in [-0.39, 0.29) is 0 Å². The highest BCUT2D eigenvalue weighted by Crippen LogP contribution is 2.28. The molecule has 2 saturated heterocycles. The predicted molar refractivity (Wildman–Crippen MR) is 93.6 cm³/mol. The van der Waals surface area contributed by atoms with E-state index in [1.54, 1.807) is 22.7 Å². The normalized spacial score (nSPS) is 24.1. The van der Waals surface area contributed by atoms with Crippen LogP contribution in [0.5, 0.6) is 0 Å². The van der Waals surface area contributed by atoms with Crippen LogP contribution in [0.1, 0.15) is 12.1 Å². The van der Waals surface area contributed by atoms with E-state index in [1.807, 2.05) is 0 Å². The lowest BCUT2D eigenvalue weighted by Crippen LogP contribution is -2.49. The molecule has 6 heteroatoms. The van der Waals surface area contributed by atoms with E-state index in [9.17, 15) is 0 Å². The maximum Gasteiger partial charge on any atom is 0.133 e. The van der Waals surface area contributed by atoms with Crippen LogP contribution in [0.3, 0.4) is 0 Å². The number of piperazine rings is 1. The Morgan fingerprint density at radius 1 is 1.23 bits per heavy atom. The molecule has 0 saturated carbocycles. The van der Waals surface area contributed by atoms with Crippen LogP contribution in [0.4, 0.5) is 0 Å². The van der Waals surface area contributed by atoms with Gasteiger partial charge in [-0.1, -0.05) is 6.07 Å². The van der Waals surface area contributed by atoms with Gasteiger partial charge in [-0.05, 0) is 17.9 Å². The molecule has 1 unspecified atom stereocenters. The fourth-order valence-corrected chi connectivity index (χ4v) is 5.05. The molecule has 22 heavy (non-hydrogen) atoms. The van der Waals surface area contributed by atoms with E-state index in [2.05, 4.69) is 38.0 Å². The summed E-state index contributed by atoms with van der Waals surface area (Å²) in [5, 5.41) is 8.96. The highest BCUT2D eigenvalue weighted by atomic mass is 32.1. The first-order valence-electron chi connectivity index (χ1n) is 8.04. The zero-order valence-corrected chi connectivity index (χ0v) is 14.3. The number of likely N-dealkylation sites (tertiary alicyclic amines) is 1. The smallest absolute Gasteiger partial charge is 0.133 e. The maximum absolute atomic E-state index is 4.82. The molecule has 0 radical (unpaired) electrons. The van der Waals surface area contributed by atoms with Crippen LogP contribution < -0.4 is 5.32 Å². The fraction of sp³-hybridized carbons (Fsp3) is 0.562. The van der Waals surface area contributed by atoms with Crippen LogP contribution in [0.15, 0.2) is 22.9 Å². The zero-order chi connectivity index (χ0) is 14.8. The third kappa shape index (κ3) is 3.26. The average Bonchev–Trinajstić information content (AvgIpc) is 3.30. The van der Waals surface area contributed by atoms with Gasteiger partial charge in [0.2, 0.25) is 0 Å². The molecule has 0 aromatic carbocycles. The van der Waals surface area contributed by atoms with Crippen LogP contribution in [0.25, 0.3) is 9.88 Å². The number of hydrogen-bond donors (Lipinski definition) is 1. The Morgan fingerprint density at radius 3 is 2.95 bits per heavy atom. The quantitative estimate of drug-likeness (QED) is 0.930. The van der Waals surface area contributed by atoms with Gasteiger partial charge < -0.3 is 5.32 Å². The van der Waals surface area contributed by atoms with Crippen molar-refractivity contribution in [1.29, 1.82) is 0 Å². The number of hydrogen-bond acceptors (Lipinski definition) is 6. The van der Waals surface area contributed by atoms with Gasteiger partial charge in [-0.15, -0.1) is 22.7 Å². The Morgan fingerprint density at radius 2 is 2.14 bits per heavy atom. The van der Waals surface area contributed by atoms with Crippen LogP contribution >= 0.6 is 22.7 Å². The standard InChI is InChI=1S/C16H22N4S2/c1-2-15(21-9-1)16-18-13(12-22-16)10-19-6-3-14(11-19)20-7-4-17-5-8-20/h1-2,9,12,14,17H,3-8,10-11H2. The van der Waals surface area contributed by atoms with Gasteiger partial charge in [-0.3, -0.25) is 9.80 Å². The summed E-state index contributed by atoms with van der Waals surface area (Å²) in [6.45, 7) is 8.12. The molecule has 2 aromatic heterocycles. The second kappa shape index (κ2) is 6.76. The lowest BCUT2D eigenvalue weighted by molar-refractivity contribution is 0.170. The summed E-state index contributed by atoms with van der Waals surface area (Å²) in [4.78, 5) is 11.3. The summed E-state index contributed by atoms with van der Waals surface area (Å²) in [6.07, 6.45) is 1.31. The van der Waals surface area contributed by atoms with Crippen LogP contribution in [0.2, 0.25) is 0 Å². The summed E-state index contributed by atoms with van der Waals surface area (Å²) < 4.78 is 0. The highest BCUT2D eigenvalue weighted by Gasteiger charge is 2.28. The van der Waals surface area contributed by atoms with Gasteiger partial charge in [-0.25, -0.2) is 4.98 Å². The average molecular weight is 335 g/mol. The summed E-state index contributed by atoms with van der Waals surface area (Å²) in [7, 11) is 0. The maximum atomic E-state index is 4.82. The van der Waals surface area contributed by atoms with Crippen molar-refractivity contribution in [1.82, 2.24) is 20.1 Å². The van der Waals surface area contributed by atoms with Crippen LogP contribution in [0, 0.1) is 0 Å². The number of rotatable bonds is 4. The summed E-state index contributed by atoms with van der Waals surface area (Å²) in [5.41, 5.74) is 1.23. The molecule has 1 atom stereocenters. The van der Waals surface area contributed by atoms with Gasteiger partial charge >= 0.3 is 0 Å².